The Morgan fingerprint density at radius 3 is 2.09 bits per heavy atom. The summed E-state index contributed by atoms with van der Waals surface area (Å²) in [7, 11) is -4.38. The summed E-state index contributed by atoms with van der Waals surface area (Å²) in [4.78, 5) is 0. The predicted octanol–water partition coefficient (Wildman–Crippen LogP) is 0.222. The predicted molar refractivity (Wildman–Crippen MR) is 41.0 cm³/mol. The molecule has 0 amide bonds. The summed E-state index contributed by atoms with van der Waals surface area (Å²) < 4.78 is 46.3. The van der Waals surface area contributed by atoms with Crippen molar-refractivity contribution in [3.05, 3.63) is 0 Å². The molecular weight excluding hydrogens is 192 g/mol. The summed E-state index contributed by atoms with van der Waals surface area (Å²) in [6.07, 6.45) is 0.415. The minimum atomic E-state index is -4.38. The Balaban J connectivity index is 4.49. The monoisotopic (exact) mass is 202 g/mol. The van der Waals surface area contributed by atoms with Gasteiger partial charge in [0.2, 0.25) is 0 Å². The molecule has 2 atom stereocenters. The van der Waals surface area contributed by atoms with E-state index in [0.29, 0.717) is 6.42 Å². The molecule has 0 rings (SSSR count). The Morgan fingerprint density at radius 1 is 1.55 bits per heavy atom. The van der Waals surface area contributed by atoms with Gasteiger partial charge in [-0.15, -0.1) is 0 Å². The smallest absolute Gasteiger partial charge is 0.282 e. The molecule has 0 aliphatic rings. The van der Waals surface area contributed by atoms with E-state index >= 15 is 0 Å². The van der Waals surface area contributed by atoms with Gasteiger partial charge in [-0.3, -0.25) is 4.55 Å². The van der Waals surface area contributed by atoms with Crippen molar-refractivity contribution in [1.29, 1.82) is 0 Å². The molecule has 0 spiro atoms. The van der Waals surface area contributed by atoms with Crippen molar-refractivity contribution in [3.63, 3.8) is 0 Å². The number of hydrogen-bond donors (Lipinski definition) is 2. The largest absolute Gasteiger partial charge is 0.305 e. The van der Waals surface area contributed by atoms with Crippen LogP contribution in [0.4, 0.5) is 0 Å². The number of rotatable bonds is 4. The zero-order chi connectivity index (χ0) is 9.07. The molecule has 0 radical (unpaired) electrons. The molecule has 11 heavy (non-hydrogen) atoms. The Kier molecular flexibility index (Phi) is 4.16. The lowest BCUT2D eigenvalue weighted by atomic mass is 10.4. The van der Waals surface area contributed by atoms with Crippen LogP contribution in [0.25, 0.3) is 0 Å². The van der Waals surface area contributed by atoms with E-state index in [2.05, 4.69) is 0 Å². The van der Waals surface area contributed by atoms with Crippen molar-refractivity contribution >= 4 is 21.2 Å². The van der Waals surface area contributed by atoms with Gasteiger partial charge in [-0.2, -0.15) is 8.42 Å². The van der Waals surface area contributed by atoms with Gasteiger partial charge in [-0.05, 0) is 6.42 Å². The topological polar surface area (TPSA) is 91.7 Å². The maximum absolute atomic E-state index is 10.4. The van der Waals surface area contributed by atoms with Crippen LogP contribution in [-0.2, 0) is 21.2 Å². The maximum atomic E-state index is 10.4. The summed E-state index contributed by atoms with van der Waals surface area (Å²) in [5.41, 5.74) is 0. The molecule has 0 saturated carbocycles. The van der Waals surface area contributed by atoms with Gasteiger partial charge in [0.05, 0.1) is 0 Å². The van der Waals surface area contributed by atoms with Gasteiger partial charge < -0.3 is 4.55 Å². The van der Waals surface area contributed by atoms with Gasteiger partial charge in [0.1, 0.15) is 0 Å². The van der Waals surface area contributed by atoms with Gasteiger partial charge in [-0.1, -0.05) is 13.3 Å². The quantitative estimate of drug-likeness (QED) is 0.502. The average Bonchev–Trinajstić information content (AvgIpc) is 1.79. The van der Waals surface area contributed by atoms with Gasteiger partial charge in [0.25, 0.3) is 10.1 Å². The Hall–Kier alpha value is 0.0200. The highest BCUT2D eigenvalue weighted by atomic mass is 32.3. The molecule has 0 aliphatic heterocycles. The third kappa shape index (κ3) is 3.80. The Morgan fingerprint density at radius 2 is 2.00 bits per heavy atom. The van der Waals surface area contributed by atoms with Crippen molar-refractivity contribution in [2.24, 2.45) is 0 Å². The van der Waals surface area contributed by atoms with Gasteiger partial charge >= 0.3 is 0 Å². The van der Waals surface area contributed by atoms with E-state index in [1.54, 1.807) is 6.92 Å². The first-order valence-corrected chi connectivity index (χ1v) is 5.63. The van der Waals surface area contributed by atoms with Crippen LogP contribution in [0.5, 0.6) is 0 Å². The zero-order valence-corrected chi connectivity index (χ0v) is 7.56. The van der Waals surface area contributed by atoms with Crippen LogP contribution in [0.1, 0.15) is 19.8 Å². The fourth-order valence-corrected chi connectivity index (χ4v) is 2.39. The summed E-state index contributed by atoms with van der Waals surface area (Å²) in [5.74, 6) is 0. The highest BCUT2D eigenvalue weighted by Crippen LogP contribution is 2.09. The van der Waals surface area contributed by atoms with E-state index in [0.717, 1.165) is 0 Å². The van der Waals surface area contributed by atoms with Crippen LogP contribution in [0, 0.1) is 0 Å². The third-order valence-electron chi connectivity index (χ3n) is 1.08. The summed E-state index contributed by atoms with van der Waals surface area (Å²) in [6, 6.07) is 0. The van der Waals surface area contributed by atoms with E-state index in [9.17, 15) is 12.6 Å². The lowest BCUT2D eigenvalue weighted by Crippen LogP contribution is -2.24. The molecule has 0 aliphatic carbocycles. The highest BCUT2D eigenvalue weighted by molar-refractivity contribution is 8.01. The Labute approximate surface area is 67.8 Å². The molecular formula is C4H10O5S2. The first kappa shape index (κ1) is 11.0. The second-order valence-corrected chi connectivity index (χ2v) is 5.03. The second-order valence-electron chi connectivity index (χ2n) is 2.01. The lowest BCUT2D eigenvalue weighted by molar-refractivity contribution is 0.470. The lowest BCUT2D eigenvalue weighted by Gasteiger charge is -2.06. The van der Waals surface area contributed by atoms with Crippen molar-refractivity contribution in [2.45, 2.75) is 24.3 Å². The second kappa shape index (κ2) is 4.15. The van der Waals surface area contributed by atoms with Crippen LogP contribution < -0.4 is 0 Å². The van der Waals surface area contributed by atoms with Crippen molar-refractivity contribution in [2.75, 3.05) is 0 Å². The minimum absolute atomic E-state index is 0.0120. The molecule has 2 unspecified atom stereocenters. The van der Waals surface area contributed by atoms with Crippen LogP contribution in [0.15, 0.2) is 0 Å². The van der Waals surface area contributed by atoms with E-state index in [1.165, 1.54) is 0 Å². The van der Waals surface area contributed by atoms with Gasteiger partial charge in [-0.25, -0.2) is 4.21 Å². The molecule has 0 fully saturated rings. The third-order valence-corrected chi connectivity index (χ3v) is 3.89. The first-order chi connectivity index (χ1) is 4.89. The molecule has 0 heterocycles. The average molecular weight is 202 g/mol. The molecule has 7 heteroatoms. The number of hydrogen-bond acceptors (Lipinski definition) is 3. The molecule has 0 aromatic heterocycles. The van der Waals surface area contributed by atoms with E-state index < -0.39 is 25.8 Å². The molecule has 68 valence electrons. The van der Waals surface area contributed by atoms with Crippen LogP contribution in [0.3, 0.4) is 0 Å². The molecule has 5 nitrogen and oxygen atoms in total. The molecule has 0 saturated heterocycles. The fraction of sp³-hybridized carbons (Fsp3) is 1.00. The normalized spacial score (nSPS) is 17.7. The summed E-state index contributed by atoms with van der Waals surface area (Å²) in [5, 5.41) is 0. The summed E-state index contributed by atoms with van der Waals surface area (Å²) >= 11 is -2.51. The highest BCUT2D eigenvalue weighted by Gasteiger charge is 2.27. The maximum Gasteiger partial charge on any atom is 0.282 e. The van der Waals surface area contributed by atoms with E-state index in [-0.39, 0.29) is 6.42 Å². The SMILES string of the molecule is CCCC(S(=O)O)S(=O)(=O)O. The fourth-order valence-electron chi connectivity index (χ4n) is 0.589. The molecule has 0 aromatic carbocycles. The summed E-state index contributed by atoms with van der Waals surface area (Å²) in [6.45, 7) is 1.66. The van der Waals surface area contributed by atoms with E-state index in [4.69, 9.17) is 9.11 Å². The molecule has 0 aromatic rings. The standard InChI is InChI=1S/C4H10O5S2/c1-2-3-4(10(5)6)11(7,8)9/h4H,2-3H2,1H3,(H,5,6)(H,7,8,9). The van der Waals surface area contributed by atoms with Gasteiger partial charge in [0.15, 0.2) is 15.7 Å². The van der Waals surface area contributed by atoms with Crippen LogP contribution in [0.2, 0.25) is 0 Å². The first-order valence-electron chi connectivity index (χ1n) is 2.95. The van der Waals surface area contributed by atoms with Crippen LogP contribution in [-0.4, -0.2) is 26.3 Å². The van der Waals surface area contributed by atoms with Gasteiger partial charge in [0, 0.05) is 0 Å². The van der Waals surface area contributed by atoms with E-state index in [1.807, 2.05) is 0 Å². The molecule has 0 bridgehead atoms. The minimum Gasteiger partial charge on any atom is -0.305 e. The van der Waals surface area contributed by atoms with Crippen molar-refractivity contribution in [1.82, 2.24) is 0 Å². The van der Waals surface area contributed by atoms with Crippen molar-refractivity contribution in [3.8, 4) is 0 Å². The molecule has 2 N–H and O–H groups in total. The van der Waals surface area contributed by atoms with Crippen molar-refractivity contribution < 1.29 is 21.7 Å². The van der Waals surface area contributed by atoms with Crippen LogP contribution >= 0.6 is 0 Å². The Bertz CT molecular complexity index is 231. The zero-order valence-electron chi connectivity index (χ0n) is 5.93.